The summed E-state index contributed by atoms with van der Waals surface area (Å²) in [5.74, 6) is 1.03. The molecule has 5 nitrogen and oxygen atoms in total. The van der Waals surface area contributed by atoms with Crippen molar-refractivity contribution in [2.24, 2.45) is 5.92 Å². The van der Waals surface area contributed by atoms with Gasteiger partial charge in [0.2, 0.25) is 5.91 Å². The predicted molar refractivity (Wildman–Crippen MR) is 85.5 cm³/mol. The largest absolute Gasteiger partial charge is 0.343 e. The van der Waals surface area contributed by atoms with Gasteiger partial charge in [0, 0.05) is 38.6 Å². The number of urea groups is 1. The molecule has 3 amide bonds. The number of carbonyl (C=O) groups excluding carboxylic acids is 2. The Morgan fingerprint density at radius 1 is 1.09 bits per heavy atom. The van der Waals surface area contributed by atoms with E-state index in [0.29, 0.717) is 19.0 Å². The molecule has 22 heavy (non-hydrogen) atoms. The SMILES string of the molecule is O=C1CCCCN1CCCNC(=O)N1CCC[C@H]1C1CCC1. The summed E-state index contributed by atoms with van der Waals surface area (Å²) in [4.78, 5) is 28.1. The summed E-state index contributed by atoms with van der Waals surface area (Å²) in [7, 11) is 0. The van der Waals surface area contributed by atoms with Crippen molar-refractivity contribution in [3.63, 3.8) is 0 Å². The van der Waals surface area contributed by atoms with Gasteiger partial charge in [-0.3, -0.25) is 4.79 Å². The van der Waals surface area contributed by atoms with Crippen LogP contribution in [0.4, 0.5) is 4.79 Å². The second kappa shape index (κ2) is 7.34. The van der Waals surface area contributed by atoms with Crippen molar-refractivity contribution in [1.29, 1.82) is 0 Å². The predicted octanol–water partition coefficient (Wildman–Crippen LogP) is 2.36. The Hall–Kier alpha value is -1.26. The van der Waals surface area contributed by atoms with E-state index in [1.165, 1.54) is 25.7 Å². The van der Waals surface area contributed by atoms with Crippen LogP contribution in [0.5, 0.6) is 0 Å². The monoisotopic (exact) mass is 307 g/mol. The van der Waals surface area contributed by atoms with Crippen LogP contribution in [-0.2, 0) is 4.79 Å². The molecular formula is C17H29N3O2. The maximum Gasteiger partial charge on any atom is 0.317 e. The third-order valence-corrected chi connectivity index (χ3v) is 5.56. The molecule has 1 aliphatic carbocycles. The van der Waals surface area contributed by atoms with Crippen molar-refractivity contribution in [2.45, 2.75) is 63.8 Å². The van der Waals surface area contributed by atoms with Crippen molar-refractivity contribution >= 4 is 11.9 Å². The molecule has 124 valence electrons. The fourth-order valence-electron chi connectivity index (χ4n) is 4.02. The van der Waals surface area contributed by atoms with Crippen LogP contribution in [0.25, 0.3) is 0 Å². The number of hydrogen-bond acceptors (Lipinski definition) is 2. The molecule has 0 bridgehead atoms. The first kappa shape index (κ1) is 15.6. The third kappa shape index (κ3) is 3.55. The molecular weight excluding hydrogens is 278 g/mol. The minimum Gasteiger partial charge on any atom is -0.343 e. The molecule has 1 atom stereocenters. The topological polar surface area (TPSA) is 52.7 Å². The summed E-state index contributed by atoms with van der Waals surface area (Å²) in [6.07, 6.45) is 9.97. The van der Waals surface area contributed by atoms with E-state index in [-0.39, 0.29) is 11.9 Å². The van der Waals surface area contributed by atoms with Gasteiger partial charge in [-0.2, -0.15) is 0 Å². The van der Waals surface area contributed by atoms with Gasteiger partial charge in [0.25, 0.3) is 0 Å². The zero-order valence-corrected chi connectivity index (χ0v) is 13.6. The molecule has 3 aliphatic rings. The average molecular weight is 307 g/mol. The minimum atomic E-state index is 0.111. The lowest BCUT2D eigenvalue weighted by Crippen LogP contribution is -2.47. The first-order chi connectivity index (χ1) is 10.8. The Labute approximate surface area is 133 Å². The summed E-state index contributed by atoms with van der Waals surface area (Å²) in [6.45, 7) is 3.27. The average Bonchev–Trinajstić information content (AvgIpc) is 2.92. The van der Waals surface area contributed by atoms with Crippen molar-refractivity contribution in [2.75, 3.05) is 26.2 Å². The Morgan fingerprint density at radius 2 is 1.95 bits per heavy atom. The molecule has 1 N–H and O–H groups in total. The van der Waals surface area contributed by atoms with Gasteiger partial charge in [-0.15, -0.1) is 0 Å². The molecule has 0 spiro atoms. The van der Waals surface area contributed by atoms with Gasteiger partial charge in [-0.25, -0.2) is 4.79 Å². The number of nitrogens with zero attached hydrogens (tertiary/aromatic N) is 2. The van der Waals surface area contributed by atoms with E-state index in [4.69, 9.17) is 0 Å². The summed E-state index contributed by atoms with van der Waals surface area (Å²) in [6, 6.07) is 0.594. The minimum absolute atomic E-state index is 0.111. The van der Waals surface area contributed by atoms with Crippen LogP contribution >= 0.6 is 0 Å². The second-order valence-corrected chi connectivity index (χ2v) is 7.02. The molecule has 3 rings (SSSR count). The van der Waals surface area contributed by atoms with E-state index in [2.05, 4.69) is 10.2 Å². The van der Waals surface area contributed by atoms with Gasteiger partial charge in [0.1, 0.15) is 0 Å². The van der Waals surface area contributed by atoms with Crippen molar-refractivity contribution < 1.29 is 9.59 Å². The fraction of sp³-hybridized carbons (Fsp3) is 0.882. The van der Waals surface area contributed by atoms with Crippen LogP contribution in [0.2, 0.25) is 0 Å². The summed E-state index contributed by atoms with van der Waals surface area (Å²) < 4.78 is 0. The van der Waals surface area contributed by atoms with Crippen LogP contribution in [0.15, 0.2) is 0 Å². The maximum atomic E-state index is 12.3. The normalized spacial score (nSPS) is 26.2. The van der Waals surface area contributed by atoms with Crippen LogP contribution < -0.4 is 5.32 Å². The lowest BCUT2D eigenvalue weighted by Gasteiger charge is -2.37. The van der Waals surface area contributed by atoms with Gasteiger partial charge in [0.15, 0.2) is 0 Å². The number of amides is 3. The van der Waals surface area contributed by atoms with Gasteiger partial charge in [0.05, 0.1) is 0 Å². The molecule has 5 heteroatoms. The van der Waals surface area contributed by atoms with Gasteiger partial charge >= 0.3 is 6.03 Å². The highest BCUT2D eigenvalue weighted by Crippen LogP contribution is 2.37. The molecule has 2 saturated heterocycles. The van der Waals surface area contributed by atoms with E-state index in [1.807, 2.05) is 4.90 Å². The Morgan fingerprint density at radius 3 is 2.68 bits per heavy atom. The molecule has 0 radical (unpaired) electrons. The Bertz CT molecular complexity index is 409. The molecule has 0 unspecified atom stereocenters. The standard InChI is InChI=1S/C17H29N3O2/c21-16-9-1-2-11-19(16)12-5-10-18-17(22)20-13-4-8-15(20)14-6-3-7-14/h14-15H,1-13H2,(H,18,22)/t15-/m0/s1. The van der Waals surface area contributed by atoms with E-state index in [1.54, 1.807) is 0 Å². The highest BCUT2D eigenvalue weighted by atomic mass is 16.2. The third-order valence-electron chi connectivity index (χ3n) is 5.56. The van der Waals surface area contributed by atoms with Gasteiger partial charge < -0.3 is 15.1 Å². The quantitative estimate of drug-likeness (QED) is 0.793. The Kier molecular flexibility index (Phi) is 5.21. The Balaban J connectivity index is 1.36. The van der Waals surface area contributed by atoms with E-state index in [9.17, 15) is 9.59 Å². The van der Waals surface area contributed by atoms with Crippen molar-refractivity contribution in [1.82, 2.24) is 15.1 Å². The number of carbonyl (C=O) groups is 2. The highest BCUT2D eigenvalue weighted by molar-refractivity contribution is 5.77. The first-order valence-electron chi connectivity index (χ1n) is 9.08. The maximum absolute atomic E-state index is 12.3. The van der Waals surface area contributed by atoms with Crippen LogP contribution in [0.3, 0.4) is 0 Å². The van der Waals surface area contributed by atoms with Gasteiger partial charge in [-0.05, 0) is 50.9 Å². The number of hydrogen-bond donors (Lipinski definition) is 1. The smallest absolute Gasteiger partial charge is 0.317 e. The molecule has 0 aromatic carbocycles. The molecule has 1 saturated carbocycles. The zero-order chi connectivity index (χ0) is 15.4. The van der Waals surface area contributed by atoms with Gasteiger partial charge in [-0.1, -0.05) is 6.42 Å². The molecule has 0 aromatic rings. The van der Waals surface area contributed by atoms with Crippen molar-refractivity contribution in [3.05, 3.63) is 0 Å². The number of piperidine rings is 1. The first-order valence-corrected chi connectivity index (χ1v) is 9.08. The summed E-state index contributed by atoms with van der Waals surface area (Å²) in [5.41, 5.74) is 0. The molecule has 2 aliphatic heterocycles. The summed E-state index contributed by atoms with van der Waals surface area (Å²) in [5, 5.41) is 3.06. The lowest BCUT2D eigenvalue weighted by molar-refractivity contribution is -0.133. The van der Waals surface area contributed by atoms with E-state index < -0.39 is 0 Å². The lowest BCUT2D eigenvalue weighted by atomic mass is 9.79. The molecule has 0 aromatic heterocycles. The van der Waals surface area contributed by atoms with Crippen LogP contribution in [0, 0.1) is 5.92 Å². The second-order valence-electron chi connectivity index (χ2n) is 7.02. The summed E-state index contributed by atoms with van der Waals surface area (Å²) >= 11 is 0. The van der Waals surface area contributed by atoms with E-state index >= 15 is 0 Å². The van der Waals surface area contributed by atoms with Crippen LogP contribution in [0.1, 0.15) is 57.8 Å². The molecule has 3 fully saturated rings. The highest BCUT2D eigenvalue weighted by Gasteiger charge is 2.37. The number of nitrogens with one attached hydrogen (secondary N) is 1. The number of rotatable bonds is 5. The van der Waals surface area contributed by atoms with E-state index in [0.717, 1.165) is 51.2 Å². The fourth-order valence-corrected chi connectivity index (χ4v) is 4.02. The number of likely N-dealkylation sites (tertiary alicyclic amines) is 2. The molecule has 2 heterocycles. The van der Waals surface area contributed by atoms with Crippen molar-refractivity contribution in [3.8, 4) is 0 Å². The zero-order valence-electron chi connectivity index (χ0n) is 13.6. The van der Waals surface area contributed by atoms with Crippen LogP contribution in [-0.4, -0.2) is 54.0 Å².